The van der Waals surface area contributed by atoms with Gasteiger partial charge in [0.1, 0.15) is 6.04 Å². The first-order valence-corrected chi connectivity index (χ1v) is 16.0. The molecular weight excluding hydrogens is 498 g/mol. The summed E-state index contributed by atoms with van der Waals surface area (Å²) in [5, 5.41) is 5.60. The summed E-state index contributed by atoms with van der Waals surface area (Å²) < 4.78 is 50.6. The maximum atomic E-state index is 12.9. The van der Waals surface area contributed by atoms with Crippen LogP contribution in [0.3, 0.4) is 0 Å². The van der Waals surface area contributed by atoms with Crippen LogP contribution in [0.2, 0.25) is 0 Å². The van der Waals surface area contributed by atoms with Crippen molar-refractivity contribution < 1.29 is 26.4 Å². The number of sulfone groups is 1. The van der Waals surface area contributed by atoms with Crippen LogP contribution in [0.25, 0.3) is 0 Å². The molecule has 0 spiro atoms. The van der Waals surface area contributed by atoms with Crippen molar-refractivity contribution in [2.24, 2.45) is 5.92 Å². The van der Waals surface area contributed by atoms with Gasteiger partial charge in [0.2, 0.25) is 21.8 Å². The molecule has 2 aliphatic rings. The molecule has 0 saturated carbocycles. The van der Waals surface area contributed by atoms with Gasteiger partial charge in [0.25, 0.3) is 0 Å². The lowest BCUT2D eigenvalue weighted by Gasteiger charge is -2.31. The van der Waals surface area contributed by atoms with Crippen molar-refractivity contribution in [3.63, 3.8) is 0 Å². The number of thioether (sulfide) groups is 1. The van der Waals surface area contributed by atoms with Crippen LogP contribution in [0.15, 0.2) is 29.2 Å². The fourth-order valence-electron chi connectivity index (χ4n) is 4.22. The van der Waals surface area contributed by atoms with E-state index in [1.807, 2.05) is 13.2 Å². The summed E-state index contributed by atoms with van der Waals surface area (Å²) in [5.41, 5.74) is 0.976. The highest BCUT2D eigenvalue weighted by molar-refractivity contribution is 7.98. The number of amides is 2. The van der Waals surface area contributed by atoms with Crippen molar-refractivity contribution >= 4 is 43.4 Å². The lowest BCUT2D eigenvalue weighted by molar-refractivity contribution is -0.132. The zero-order valence-corrected chi connectivity index (χ0v) is 22.0. The minimum Gasteiger partial charge on any atom is -0.351 e. The van der Waals surface area contributed by atoms with Gasteiger partial charge in [-0.2, -0.15) is 16.1 Å². The highest BCUT2D eigenvalue weighted by Crippen LogP contribution is 2.24. The molecule has 2 amide bonds. The molecule has 2 saturated heterocycles. The van der Waals surface area contributed by atoms with Gasteiger partial charge >= 0.3 is 0 Å². The van der Waals surface area contributed by atoms with Crippen molar-refractivity contribution in [3.8, 4) is 0 Å². The molecule has 0 aliphatic carbocycles. The molecule has 3 rings (SSSR count). The second-order valence-electron chi connectivity index (χ2n) is 8.94. The quantitative estimate of drug-likeness (QED) is 0.485. The number of hydrogen-bond donors (Lipinski definition) is 2. The smallest absolute Gasteiger partial charge is 0.243 e. The minimum atomic E-state index is -3.61. The molecule has 0 aromatic heterocycles. The molecule has 0 unspecified atom stereocenters. The third-order valence-corrected chi connectivity index (χ3v) is 10.6. The van der Waals surface area contributed by atoms with Gasteiger partial charge in [0, 0.05) is 25.0 Å². The van der Waals surface area contributed by atoms with Crippen molar-refractivity contribution in [2.75, 3.05) is 36.6 Å². The number of nitrogens with one attached hydrogen (secondary N) is 2. The molecule has 2 aliphatic heterocycles. The summed E-state index contributed by atoms with van der Waals surface area (Å²) in [4.78, 5) is 25.9. The standard InChI is InChI=1S/C22H33N3O6S3/c1-16-3-5-19(6-4-16)34(30,31)25-11-7-17(8-12-25)21(26)24-20(9-13-32-2)22(27)23-18-10-14-33(28,29)15-18/h3-6,17-18,20H,7-15H2,1-2H3,(H,23,27)(H,24,26)/t18-,20+/m1/s1. The first-order chi connectivity index (χ1) is 16.0. The Labute approximate surface area is 206 Å². The van der Waals surface area contributed by atoms with Crippen molar-refractivity contribution in [3.05, 3.63) is 29.8 Å². The Morgan fingerprint density at radius 3 is 2.35 bits per heavy atom. The summed E-state index contributed by atoms with van der Waals surface area (Å²) >= 11 is 1.55. The lowest BCUT2D eigenvalue weighted by Crippen LogP contribution is -2.52. The van der Waals surface area contributed by atoms with Gasteiger partial charge in [0.05, 0.1) is 16.4 Å². The van der Waals surface area contributed by atoms with Crippen LogP contribution in [-0.4, -0.2) is 81.6 Å². The molecular formula is C22H33N3O6S3. The molecule has 190 valence electrons. The van der Waals surface area contributed by atoms with Gasteiger partial charge in [0.15, 0.2) is 9.84 Å². The molecule has 2 atom stereocenters. The van der Waals surface area contributed by atoms with E-state index in [9.17, 15) is 26.4 Å². The minimum absolute atomic E-state index is 0.0594. The molecule has 9 nitrogen and oxygen atoms in total. The topological polar surface area (TPSA) is 130 Å². The van der Waals surface area contributed by atoms with Crippen LogP contribution in [0.1, 0.15) is 31.2 Å². The fourth-order valence-corrected chi connectivity index (χ4v) is 7.84. The number of carbonyl (C=O) groups is 2. The van der Waals surface area contributed by atoms with E-state index in [0.717, 1.165) is 5.56 Å². The Hall–Kier alpha value is -1.63. The van der Waals surface area contributed by atoms with Gasteiger partial charge in [-0.1, -0.05) is 17.7 Å². The summed E-state index contributed by atoms with van der Waals surface area (Å²) in [6.07, 6.45) is 3.46. The lowest BCUT2D eigenvalue weighted by atomic mass is 9.96. The van der Waals surface area contributed by atoms with Gasteiger partial charge < -0.3 is 10.6 Å². The van der Waals surface area contributed by atoms with E-state index in [2.05, 4.69) is 10.6 Å². The van der Waals surface area contributed by atoms with E-state index >= 15 is 0 Å². The Bertz CT molecular complexity index is 1080. The maximum absolute atomic E-state index is 12.9. The predicted octanol–water partition coefficient (Wildman–Crippen LogP) is 0.937. The number of hydrogen-bond acceptors (Lipinski definition) is 7. The van der Waals surface area contributed by atoms with Crippen molar-refractivity contribution in [2.45, 2.75) is 49.6 Å². The normalized spacial score (nSPS) is 22.2. The van der Waals surface area contributed by atoms with Crippen LogP contribution in [0, 0.1) is 12.8 Å². The SMILES string of the molecule is CSCC[C@H](NC(=O)C1CCN(S(=O)(=O)c2ccc(C)cc2)CC1)C(=O)N[C@@H]1CCS(=O)(=O)C1. The Morgan fingerprint density at radius 2 is 1.79 bits per heavy atom. The largest absolute Gasteiger partial charge is 0.351 e. The van der Waals surface area contributed by atoms with Crippen LogP contribution in [-0.2, 0) is 29.4 Å². The summed E-state index contributed by atoms with van der Waals surface area (Å²) in [7, 11) is -6.74. The number of rotatable bonds is 9. The number of benzene rings is 1. The Morgan fingerprint density at radius 1 is 1.15 bits per heavy atom. The monoisotopic (exact) mass is 531 g/mol. The third-order valence-electron chi connectivity index (χ3n) is 6.31. The first kappa shape index (κ1) is 27.0. The molecule has 2 N–H and O–H groups in total. The fraction of sp³-hybridized carbons (Fsp3) is 0.636. The van der Waals surface area contributed by atoms with E-state index < -0.39 is 31.9 Å². The van der Waals surface area contributed by atoms with E-state index in [4.69, 9.17) is 0 Å². The van der Waals surface area contributed by atoms with Gasteiger partial charge in [-0.25, -0.2) is 16.8 Å². The highest BCUT2D eigenvalue weighted by Gasteiger charge is 2.35. The Kier molecular flexibility index (Phi) is 9.04. The molecule has 2 heterocycles. The van der Waals surface area contributed by atoms with E-state index in [-0.39, 0.29) is 47.2 Å². The van der Waals surface area contributed by atoms with Gasteiger partial charge in [-0.05, 0) is 56.7 Å². The second-order valence-corrected chi connectivity index (χ2v) is 14.1. The molecule has 1 aromatic carbocycles. The van der Waals surface area contributed by atoms with Crippen molar-refractivity contribution in [1.82, 2.24) is 14.9 Å². The molecule has 2 fully saturated rings. The van der Waals surface area contributed by atoms with E-state index in [1.54, 1.807) is 36.0 Å². The Balaban J connectivity index is 1.56. The van der Waals surface area contributed by atoms with Crippen LogP contribution in [0.4, 0.5) is 0 Å². The van der Waals surface area contributed by atoms with Crippen LogP contribution >= 0.6 is 11.8 Å². The van der Waals surface area contributed by atoms with Crippen LogP contribution in [0.5, 0.6) is 0 Å². The first-order valence-electron chi connectivity index (χ1n) is 11.4. The predicted molar refractivity (Wildman–Crippen MR) is 133 cm³/mol. The second kappa shape index (κ2) is 11.4. The summed E-state index contributed by atoms with van der Waals surface area (Å²) in [6.45, 7) is 2.36. The number of piperidine rings is 1. The van der Waals surface area contributed by atoms with Crippen molar-refractivity contribution in [1.29, 1.82) is 0 Å². The molecule has 34 heavy (non-hydrogen) atoms. The number of carbonyl (C=O) groups excluding carboxylic acids is 2. The highest BCUT2D eigenvalue weighted by atomic mass is 32.2. The molecule has 12 heteroatoms. The average Bonchev–Trinajstić information content (AvgIpc) is 3.14. The number of aryl methyl sites for hydroxylation is 1. The van der Waals surface area contributed by atoms with Gasteiger partial charge in [-0.3, -0.25) is 9.59 Å². The average molecular weight is 532 g/mol. The summed E-state index contributed by atoms with van der Waals surface area (Å²) in [5.74, 6) is -0.383. The zero-order valence-electron chi connectivity index (χ0n) is 19.5. The molecule has 0 bridgehead atoms. The van der Waals surface area contributed by atoms with Crippen LogP contribution < -0.4 is 10.6 Å². The van der Waals surface area contributed by atoms with Gasteiger partial charge in [-0.15, -0.1) is 0 Å². The maximum Gasteiger partial charge on any atom is 0.243 e. The number of sulfonamides is 1. The van der Waals surface area contributed by atoms with E-state index in [1.165, 1.54) is 4.31 Å². The zero-order chi connectivity index (χ0) is 24.9. The number of nitrogens with zero attached hydrogens (tertiary/aromatic N) is 1. The van der Waals surface area contributed by atoms with E-state index in [0.29, 0.717) is 31.4 Å². The molecule has 1 aromatic rings. The molecule has 0 radical (unpaired) electrons. The summed E-state index contributed by atoms with van der Waals surface area (Å²) in [6, 6.07) is 5.52. The third kappa shape index (κ3) is 6.96.